The lowest BCUT2D eigenvalue weighted by molar-refractivity contribution is -0.0617. The number of likely N-dealkylation sites (N-methyl/N-ethyl adjacent to an activating group) is 1. The van der Waals surface area contributed by atoms with Gasteiger partial charge < -0.3 is 9.72 Å². The van der Waals surface area contributed by atoms with Crippen molar-refractivity contribution in [3.63, 3.8) is 0 Å². The van der Waals surface area contributed by atoms with E-state index in [1.807, 2.05) is 6.07 Å². The van der Waals surface area contributed by atoms with Gasteiger partial charge in [0.2, 0.25) is 5.78 Å². The van der Waals surface area contributed by atoms with Gasteiger partial charge in [-0.05, 0) is 67.0 Å². The summed E-state index contributed by atoms with van der Waals surface area (Å²) < 4.78 is 6.11. The van der Waals surface area contributed by atoms with Gasteiger partial charge in [0.1, 0.15) is 17.5 Å². The topological polar surface area (TPSA) is 82.0 Å². The van der Waals surface area contributed by atoms with Crippen molar-refractivity contribution < 1.29 is 9.53 Å². The number of benzene rings is 1. The van der Waals surface area contributed by atoms with Crippen LogP contribution in [-0.2, 0) is 16.9 Å². The van der Waals surface area contributed by atoms with Gasteiger partial charge in [-0.15, -0.1) is 0 Å². The molecule has 0 radical (unpaired) electrons. The van der Waals surface area contributed by atoms with E-state index >= 15 is 0 Å². The molecule has 1 fully saturated rings. The number of hydrogen-bond acceptors (Lipinski definition) is 5. The molecular formula is C25H30N4O2. The van der Waals surface area contributed by atoms with Crippen molar-refractivity contribution in [1.82, 2.24) is 14.9 Å². The van der Waals surface area contributed by atoms with E-state index in [4.69, 9.17) is 10.00 Å². The van der Waals surface area contributed by atoms with E-state index < -0.39 is 5.72 Å². The Morgan fingerprint density at radius 2 is 2.16 bits per heavy atom. The normalized spacial score (nSPS) is 23.4. The minimum Gasteiger partial charge on any atom is -0.355 e. The van der Waals surface area contributed by atoms with E-state index in [1.54, 1.807) is 0 Å². The maximum absolute atomic E-state index is 12.9. The molecule has 1 aromatic carbocycles. The molecule has 0 amide bonds. The van der Waals surface area contributed by atoms with Gasteiger partial charge in [-0.25, -0.2) is 4.98 Å². The van der Waals surface area contributed by atoms with Gasteiger partial charge in [0.05, 0.1) is 12.8 Å². The molecule has 2 heterocycles. The molecule has 1 aliphatic carbocycles. The zero-order chi connectivity index (χ0) is 22.2. The van der Waals surface area contributed by atoms with Gasteiger partial charge in [-0.3, -0.25) is 9.69 Å². The molecular weight excluding hydrogens is 388 g/mol. The van der Waals surface area contributed by atoms with Crippen molar-refractivity contribution in [1.29, 1.82) is 5.26 Å². The summed E-state index contributed by atoms with van der Waals surface area (Å²) in [4.78, 5) is 22.0. The van der Waals surface area contributed by atoms with Gasteiger partial charge in [0.15, 0.2) is 5.82 Å². The average molecular weight is 419 g/mol. The molecule has 0 bridgehead atoms. The summed E-state index contributed by atoms with van der Waals surface area (Å²) in [6.07, 6.45) is 7.10. The minimum absolute atomic E-state index is 0.118. The molecule has 0 saturated carbocycles. The molecule has 6 nitrogen and oxygen atoms in total. The van der Waals surface area contributed by atoms with Crippen LogP contribution in [0.15, 0.2) is 30.5 Å². The van der Waals surface area contributed by atoms with Crippen LogP contribution < -0.4 is 0 Å². The van der Waals surface area contributed by atoms with E-state index in [0.717, 1.165) is 42.5 Å². The third-order valence-electron chi connectivity index (χ3n) is 6.81. The van der Waals surface area contributed by atoms with Crippen molar-refractivity contribution in [2.24, 2.45) is 5.41 Å². The number of aromatic nitrogens is 2. The number of H-pyrrole nitrogens is 1. The number of ketones is 1. The van der Waals surface area contributed by atoms with Crippen molar-refractivity contribution in [3.8, 4) is 6.07 Å². The Kier molecular flexibility index (Phi) is 5.59. The number of rotatable bonds is 5. The molecule has 1 aliphatic heterocycles. The van der Waals surface area contributed by atoms with E-state index in [2.05, 4.69) is 67.0 Å². The molecule has 4 rings (SSSR count). The van der Waals surface area contributed by atoms with Crippen LogP contribution in [0.1, 0.15) is 73.0 Å². The number of nitrogens with zero attached hydrogens (tertiary/aromatic N) is 3. The number of imidazole rings is 1. The first-order valence-corrected chi connectivity index (χ1v) is 10.9. The van der Waals surface area contributed by atoms with Gasteiger partial charge in [0.25, 0.3) is 0 Å². The van der Waals surface area contributed by atoms with Crippen LogP contribution in [-0.4, -0.2) is 40.9 Å². The second-order valence-corrected chi connectivity index (χ2v) is 9.58. The lowest BCUT2D eigenvalue weighted by Gasteiger charge is -2.33. The number of nitriles is 1. The Labute approximate surface area is 183 Å². The quantitative estimate of drug-likeness (QED) is 0.726. The highest BCUT2D eigenvalue weighted by Gasteiger charge is 2.37. The number of ether oxygens (including phenoxy) is 1. The fourth-order valence-corrected chi connectivity index (χ4v) is 4.42. The van der Waals surface area contributed by atoms with Crippen LogP contribution in [0.2, 0.25) is 0 Å². The van der Waals surface area contributed by atoms with E-state index in [-0.39, 0.29) is 18.0 Å². The molecule has 2 aromatic rings. The molecule has 1 atom stereocenters. The number of hydrogen-bond donors (Lipinski definition) is 1. The average Bonchev–Trinajstić information content (AvgIpc) is 3.36. The zero-order valence-electron chi connectivity index (χ0n) is 18.8. The van der Waals surface area contributed by atoms with E-state index in [1.165, 1.54) is 11.8 Å². The zero-order valence-corrected chi connectivity index (χ0v) is 18.8. The molecule has 31 heavy (non-hydrogen) atoms. The molecule has 2 aliphatic rings. The van der Waals surface area contributed by atoms with Crippen LogP contribution in [0.3, 0.4) is 0 Å². The van der Waals surface area contributed by atoms with Crippen molar-refractivity contribution in [2.75, 3.05) is 20.2 Å². The summed E-state index contributed by atoms with van der Waals surface area (Å²) in [5.41, 5.74) is 4.65. The highest BCUT2D eigenvalue weighted by atomic mass is 16.5. The van der Waals surface area contributed by atoms with Gasteiger partial charge in [0, 0.05) is 13.0 Å². The number of aromatic amines is 1. The lowest BCUT2D eigenvalue weighted by atomic mass is 9.76. The van der Waals surface area contributed by atoms with Crippen LogP contribution in [0.4, 0.5) is 0 Å². The molecule has 162 valence electrons. The largest absolute Gasteiger partial charge is 0.355 e. The molecule has 6 heteroatoms. The first kappa shape index (κ1) is 21.5. The predicted molar refractivity (Wildman–Crippen MR) is 119 cm³/mol. The van der Waals surface area contributed by atoms with Gasteiger partial charge in [-0.2, -0.15) is 5.26 Å². The SMILES string of the molecule is CN1CCOC1(C)c1ccc(CC(=O)c2ncc(C#N)[nH]2)c(C2=CCC(C)(C)CC2)c1. The Morgan fingerprint density at radius 1 is 1.35 bits per heavy atom. The monoisotopic (exact) mass is 418 g/mol. The molecule has 0 spiro atoms. The van der Waals surface area contributed by atoms with Gasteiger partial charge in [-0.1, -0.05) is 32.1 Å². The minimum atomic E-state index is -0.464. The highest BCUT2D eigenvalue weighted by Crippen LogP contribution is 2.41. The number of carbonyl (C=O) groups is 1. The van der Waals surface area contributed by atoms with Crippen molar-refractivity contribution in [3.05, 3.63) is 58.7 Å². The first-order chi connectivity index (χ1) is 14.7. The fourth-order valence-electron chi connectivity index (χ4n) is 4.42. The van der Waals surface area contributed by atoms with E-state index in [9.17, 15) is 4.79 Å². The number of Topliss-reactive ketones (excluding diaryl/α,β-unsaturated/α-hetero) is 1. The van der Waals surface area contributed by atoms with Crippen LogP contribution in [0.5, 0.6) is 0 Å². The standard InChI is InChI=1S/C25H30N4O2/c1-24(2)9-7-17(8-10-24)21-14-19(25(3)29(4)11-12-31-25)6-5-18(21)13-22(30)23-27-16-20(15-26)28-23/h5-7,14,16H,8-13H2,1-4H3,(H,27,28). The highest BCUT2D eigenvalue weighted by molar-refractivity contribution is 5.95. The molecule has 1 N–H and O–H groups in total. The number of carbonyl (C=O) groups excluding carboxylic acids is 1. The van der Waals surface area contributed by atoms with Crippen LogP contribution in [0.25, 0.3) is 5.57 Å². The maximum Gasteiger partial charge on any atom is 0.202 e. The summed E-state index contributed by atoms with van der Waals surface area (Å²) in [7, 11) is 2.08. The first-order valence-electron chi connectivity index (χ1n) is 10.9. The Bertz CT molecular complexity index is 1080. The number of allylic oxidation sites excluding steroid dienone is 2. The molecule has 1 aromatic heterocycles. The Hall–Kier alpha value is -2.75. The lowest BCUT2D eigenvalue weighted by Crippen LogP contribution is -2.36. The Balaban J connectivity index is 1.71. The maximum atomic E-state index is 12.9. The fraction of sp³-hybridized carbons (Fsp3) is 0.480. The summed E-state index contributed by atoms with van der Waals surface area (Å²) in [5.74, 6) is 0.115. The second kappa shape index (κ2) is 8.07. The Morgan fingerprint density at radius 3 is 2.77 bits per heavy atom. The van der Waals surface area contributed by atoms with Crippen LogP contribution in [0, 0.1) is 16.7 Å². The molecule has 1 unspecified atom stereocenters. The van der Waals surface area contributed by atoms with Crippen molar-refractivity contribution >= 4 is 11.4 Å². The smallest absolute Gasteiger partial charge is 0.202 e. The predicted octanol–water partition coefficient (Wildman–Crippen LogP) is 4.43. The summed E-state index contributed by atoms with van der Waals surface area (Å²) in [6, 6.07) is 8.32. The molecule has 1 saturated heterocycles. The summed E-state index contributed by atoms with van der Waals surface area (Å²) in [5, 5.41) is 9.00. The number of nitrogens with one attached hydrogen (secondary N) is 1. The summed E-state index contributed by atoms with van der Waals surface area (Å²) in [6.45, 7) is 8.30. The second-order valence-electron chi connectivity index (χ2n) is 9.58. The van der Waals surface area contributed by atoms with Crippen LogP contribution >= 0.6 is 0 Å². The van der Waals surface area contributed by atoms with Crippen molar-refractivity contribution in [2.45, 2.75) is 52.2 Å². The third kappa shape index (κ3) is 4.21. The van der Waals surface area contributed by atoms with E-state index in [0.29, 0.717) is 17.7 Å². The summed E-state index contributed by atoms with van der Waals surface area (Å²) >= 11 is 0. The van der Waals surface area contributed by atoms with Gasteiger partial charge >= 0.3 is 0 Å². The third-order valence-corrected chi connectivity index (χ3v) is 6.81.